The Hall–Kier alpha value is -2.03. The molecule has 0 aliphatic carbocycles. The summed E-state index contributed by atoms with van der Waals surface area (Å²) in [5.74, 6) is -0.921. The molecule has 0 amide bonds. The topological polar surface area (TPSA) is 111 Å². The van der Waals surface area contributed by atoms with Crippen molar-refractivity contribution in [1.29, 1.82) is 0 Å². The zero-order valence-corrected chi connectivity index (χ0v) is 45.9. The van der Waals surface area contributed by atoms with Crippen LogP contribution in [0.15, 0.2) is 48.6 Å². The lowest BCUT2D eigenvalue weighted by Gasteiger charge is -2.28. The molecule has 0 rings (SSSR count). The van der Waals surface area contributed by atoms with Gasteiger partial charge in [-0.15, -0.1) is 0 Å². The maximum absolute atomic E-state index is 12.7. The number of hydrogen-bond donors (Lipinski definition) is 0. The summed E-state index contributed by atoms with van der Waals surface area (Å²) in [4.78, 5) is 37.7. The molecule has 0 saturated carbocycles. The zero-order valence-electron chi connectivity index (χ0n) is 45.1. The molecule has 0 aromatic rings. The minimum Gasteiger partial charge on any atom is -0.756 e. The highest BCUT2D eigenvalue weighted by molar-refractivity contribution is 7.45. The SMILES string of the molecule is CC/C=C\C/C=C\C/C=C\C/C=C\CCC(=O)OC(COC(=O)CCCCCCCCCCCCCCCCCCCCCCCCCCCCCCCCC)COP(=O)([O-])OCC[N+](C)(C)C. The van der Waals surface area contributed by atoms with E-state index >= 15 is 0 Å². The number of quaternary nitrogens is 1. The highest BCUT2D eigenvalue weighted by Crippen LogP contribution is 2.38. The summed E-state index contributed by atoms with van der Waals surface area (Å²) >= 11 is 0. The fourth-order valence-corrected chi connectivity index (χ4v) is 8.75. The van der Waals surface area contributed by atoms with Gasteiger partial charge in [-0.3, -0.25) is 14.2 Å². The van der Waals surface area contributed by atoms with Gasteiger partial charge in [-0.05, 0) is 38.5 Å². The van der Waals surface area contributed by atoms with Crippen LogP contribution in [0, 0.1) is 0 Å². The average Bonchev–Trinajstić information content (AvgIpc) is 3.30. The van der Waals surface area contributed by atoms with E-state index in [1.807, 2.05) is 33.3 Å². The van der Waals surface area contributed by atoms with Gasteiger partial charge in [-0.1, -0.05) is 255 Å². The molecule has 0 heterocycles. The second-order valence-electron chi connectivity index (χ2n) is 20.3. The third-order valence-corrected chi connectivity index (χ3v) is 13.3. The number of nitrogens with zero attached hydrogens (tertiary/aromatic N) is 1. The van der Waals surface area contributed by atoms with E-state index in [1.54, 1.807) is 0 Å². The van der Waals surface area contributed by atoms with E-state index < -0.39 is 32.5 Å². The first-order valence-corrected chi connectivity index (χ1v) is 29.8. The largest absolute Gasteiger partial charge is 0.756 e. The van der Waals surface area contributed by atoms with Crippen LogP contribution in [0.2, 0.25) is 0 Å². The van der Waals surface area contributed by atoms with Crippen LogP contribution in [-0.2, 0) is 32.7 Å². The van der Waals surface area contributed by atoms with Crippen molar-refractivity contribution in [2.45, 2.75) is 264 Å². The fourth-order valence-electron chi connectivity index (χ4n) is 8.03. The van der Waals surface area contributed by atoms with Crippen LogP contribution in [0.25, 0.3) is 0 Å². The molecule has 2 unspecified atom stereocenters. The van der Waals surface area contributed by atoms with Crippen molar-refractivity contribution in [3.63, 3.8) is 0 Å². The number of carbonyl (C=O) groups is 2. The third-order valence-electron chi connectivity index (χ3n) is 12.4. The van der Waals surface area contributed by atoms with Crippen molar-refractivity contribution in [1.82, 2.24) is 0 Å². The number of ether oxygens (including phenoxy) is 2. The molecule has 0 saturated heterocycles. The first-order chi connectivity index (χ1) is 33.0. The van der Waals surface area contributed by atoms with E-state index in [2.05, 4.69) is 50.3 Å². The van der Waals surface area contributed by atoms with Crippen LogP contribution >= 0.6 is 7.82 Å². The van der Waals surface area contributed by atoms with Gasteiger partial charge in [0.25, 0.3) is 7.82 Å². The molecule has 68 heavy (non-hydrogen) atoms. The van der Waals surface area contributed by atoms with Crippen LogP contribution in [0.4, 0.5) is 0 Å². The Labute approximate surface area is 420 Å². The van der Waals surface area contributed by atoms with Crippen LogP contribution in [0.5, 0.6) is 0 Å². The van der Waals surface area contributed by atoms with E-state index in [9.17, 15) is 19.0 Å². The quantitative estimate of drug-likeness (QED) is 0.0195. The molecule has 0 spiro atoms. The molecular formula is C58H108NO8P. The number of phosphoric ester groups is 1. The van der Waals surface area contributed by atoms with Crippen molar-refractivity contribution in [3.05, 3.63) is 48.6 Å². The summed E-state index contributed by atoms with van der Waals surface area (Å²) in [6.07, 6.45) is 62.1. The number of phosphoric acid groups is 1. The monoisotopic (exact) mass is 978 g/mol. The number of likely N-dealkylation sites (N-methyl/N-ethyl adjacent to an activating group) is 1. The highest BCUT2D eigenvalue weighted by atomic mass is 31.2. The van der Waals surface area contributed by atoms with Crippen molar-refractivity contribution >= 4 is 19.8 Å². The maximum Gasteiger partial charge on any atom is 0.306 e. The van der Waals surface area contributed by atoms with Gasteiger partial charge in [0, 0.05) is 12.8 Å². The lowest BCUT2D eigenvalue weighted by atomic mass is 10.0. The van der Waals surface area contributed by atoms with Gasteiger partial charge in [0.15, 0.2) is 6.10 Å². The zero-order chi connectivity index (χ0) is 49.9. The minimum absolute atomic E-state index is 0.0434. The second kappa shape index (κ2) is 49.9. The van der Waals surface area contributed by atoms with E-state index in [0.29, 0.717) is 17.4 Å². The summed E-state index contributed by atoms with van der Waals surface area (Å²) in [5.41, 5.74) is 0. The molecule has 10 heteroatoms. The number of allylic oxidation sites excluding steroid dienone is 8. The molecule has 0 bridgehead atoms. The molecule has 0 aliphatic heterocycles. The molecule has 0 radical (unpaired) electrons. The molecule has 398 valence electrons. The van der Waals surface area contributed by atoms with Crippen molar-refractivity contribution < 1.29 is 42.1 Å². The maximum atomic E-state index is 12.7. The molecule has 0 aliphatic rings. The fraction of sp³-hybridized carbons (Fsp3) is 0.828. The van der Waals surface area contributed by atoms with Crippen molar-refractivity contribution in [2.24, 2.45) is 0 Å². The lowest BCUT2D eigenvalue weighted by Crippen LogP contribution is -2.37. The number of esters is 2. The van der Waals surface area contributed by atoms with Gasteiger partial charge in [-0.25, -0.2) is 0 Å². The van der Waals surface area contributed by atoms with Crippen LogP contribution in [0.3, 0.4) is 0 Å². The average molecular weight is 978 g/mol. The molecule has 0 fully saturated rings. The van der Waals surface area contributed by atoms with E-state index in [-0.39, 0.29) is 26.1 Å². The molecule has 9 nitrogen and oxygen atoms in total. The summed E-state index contributed by atoms with van der Waals surface area (Å²) < 4.78 is 33.9. The summed E-state index contributed by atoms with van der Waals surface area (Å²) in [7, 11) is 1.13. The first kappa shape index (κ1) is 66.0. The standard InChI is InChI=1S/C58H108NO8P/c1-6-8-10-12-14-16-18-20-21-22-23-24-25-26-27-28-29-30-31-32-33-34-35-36-37-39-40-42-44-46-48-50-57(60)64-54-56(55-66-68(62,63)65-53-52-59(3,4)5)67-58(61)51-49-47-45-43-41-38-19-17-15-13-11-9-7-2/h9,11,15,17,38,41,45,47,56H,6-8,10,12-14,16,18-37,39-40,42-44,46,48-55H2,1-5H3/b11-9-,17-15-,41-38-,47-45-. The molecule has 0 aromatic carbocycles. The van der Waals surface area contributed by atoms with Crippen molar-refractivity contribution in [3.8, 4) is 0 Å². The van der Waals surface area contributed by atoms with Crippen molar-refractivity contribution in [2.75, 3.05) is 47.5 Å². The number of unbranched alkanes of at least 4 members (excludes halogenated alkanes) is 30. The molecular weight excluding hydrogens is 870 g/mol. The van der Waals surface area contributed by atoms with Crippen LogP contribution < -0.4 is 4.89 Å². The smallest absolute Gasteiger partial charge is 0.306 e. The third kappa shape index (κ3) is 53.3. The molecule has 0 N–H and O–H groups in total. The Kier molecular flexibility index (Phi) is 48.4. The Bertz CT molecular complexity index is 1290. The number of rotatable bonds is 52. The highest BCUT2D eigenvalue weighted by Gasteiger charge is 2.21. The summed E-state index contributed by atoms with van der Waals surface area (Å²) in [6.45, 7) is 4.06. The molecule has 2 atom stereocenters. The Morgan fingerprint density at radius 3 is 1.22 bits per heavy atom. The van der Waals surface area contributed by atoms with E-state index in [0.717, 1.165) is 44.9 Å². The normalized spacial score (nSPS) is 13.7. The van der Waals surface area contributed by atoms with Gasteiger partial charge in [-0.2, -0.15) is 0 Å². The van der Waals surface area contributed by atoms with Gasteiger partial charge in [0.1, 0.15) is 19.8 Å². The summed E-state index contributed by atoms with van der Waals surface area (Å²) in [6, 6.07) is 0. The Morgan fingerprint density at radius 2 is 0.838 bits per heavy atom. The van der Waals surface area contributed by atoms with Gasteiger partial charge < -0.3 is 27.9 Å². The number of carbonyl (C=O) groups excluding carboxylic acids is 2. The lowest BCUT2D eigenvalue weighted by molar-refractivity contribution is -0.870. The van der Waals surface area contributed by atoms with Gasteiger partial charge in [0.05, 0.1) is 27.7 Å². The Balaban J connectivity index is 4.01. The summed E-state index contributed by atoms with van der Waals surface area (Å²) in [5, 5.41) is 0. The predicted molar refractivity (Wildman–Crippen MR) is 287 cm³/mol. The first-order valence-electron chi connectivity index (χ1n) is 28.3. The van der Waals surface area contributed by atoms with E-state index in [4.69, 9.17) is 18.5 Å². The van der Waals surface area contributed by atoms with Gasteiger partial charge >= 0.3 is 11.9 Å². The molecule has 0 aromatic heterocycles. The van der Waals surface area contributed by atoms with E-state index in [1.165, 1.54) is 180 Å². The Morgan fingerprint density at radius 1 is 0.471 bits per heavy atom. The predicted octanol–water partition coefficient (Wildman–Crippen LogP) is 16.7. The second-order valence-corrected chi connectivity index (χ2v) is 21.7. The number of hydrogen-bond acceptors (Lipinski definition) is 8. The minimum atomic E-state index is -4.65. The van der Waals surface area contributed by atoms with Crippen LogP contribution in [0.1, 0.15) is 258 Å². The van der Waals surface area contributed by atoms with Gasteiger partial charge in [0.2, 0.25) is 0 Å². The van der Waals surface area contributed by atoms with Crippen LogP contribution in [-0.4, -0.2) is 70.0 Å².